The second-order valence-electron chi connectivity index (χ2n) is 11.2. The summed E-state index contributed by atoms with van der Waals surface area (Å²) < 4.78 is 0. The van der Waals surface area contributed by atoms with Crippen LogP contribution in [0.3, 0.4) is 0 Å². The van der Waals surface area contributed by atoms with Crippen LogP contribution >= 0.6 is 0 Å². The third kappa shape index (κ3) is 4.30. The maximum atomic E-state index is 13.6. The average Bonchev–Trinajstić information content (AvgIpc) is 3.46. The molecule has 0 spiro atoms. The van der Waals surface area contributed by atoms with Gasteiger partial charge in [0.15, 0.2) is 0 Å². The molecule has 2 aliphatic heterocycles. The van der Waals surface area contributed by atoms with Gasteiger partial charge >= 0.3 is 0 Å². The summed E-state index contributed by atoms with van der Waals surface area (Å²) >= 11 is 0. The standard InChI is InChI=1S/C34H37N3O3/c1-3-5-12-28-29(18-17-25-23-13-6-7-14-24(23)31(30(25)28)32(38)35-19-4-2)36-20-10-11-22(21-36)37-33(39)26-15-8-9-16-27(26)34(37)40/h6-9,13-18,22,31H,3-5,10-12,19-21H2,1-2H3,(H,35,38). The van der Waals surface area contributed by atoms with Gasteiger partial charge in [0, 0.05) is 25.3 Å². The summed E-state index contributed by atoms with van der Waals surface area (Å²) in [4.78, 5) is 44.1. The van der Waals surface area contributed by atoms with Crippen molar-refractivity contribution >= 4 is 23.4 Å². The Bertz CT molecular complexity index is 1440. The highest BCUT2D eigenvalue weighted by Gasteiger charge is 2.42. The Morgan fingerprint density at radius 2 is 1.57 bits per heavy atom. The quantitative estimate of drug-likeness (QED) is 0.363. The number of anilines is 1. The molecule has 0 radical (unpaired) electrons. The molecule has 3 amide bonds. The molecule has 6 heteroatoms. The topological polar surface area (TPSA) is 69.7 Å². The van der Waals surface area contributed by atoms with Crippen LogP contribution in [0, 0.1) is 0 Å². The van der Waals surface area contributed by atoms with E-state index in [-0.39, 0.29) is 29.7 Å². The highest BCUT2D eigenvalue weighted by atomic mass is 16.2. The molecule has 1 N–H and O–H groups in total. The normalized spacial score (nSPS) is 19.4. The highest BCUT2D eigenvalue weighted by molar-refractivity contribution is 6.21. The number of rotatable bonds is 8. The van der Waals surface area contributed by atoms with Gasteiger partial charge in [0.2, 0.25) is 5.91 Å². The van der Waals surface area contributed by atoms with Gasteiger partial charge in [-0.25, -0.2) is 0 Å². The maximum Gasteiger partial charge on any atom is 0.261 e. The average molecular weight is 536 g/mol. The van der Waals surface area contributed by atoms with Crippen molar-refractivity contribution in [3.63, 3.8) is 0 Å². The second kappa shape index (κ2) is 10.9. The van der Waals surface area contributed by atoms with Gasteiger partial charge in [-0.15, -0.1) is 0 Å². The van der Waals surface area contributed by atoms with Gasteiger partial charge in [-0.2, -0.15) is 0 Å². The van der Waals surface area contributed by atoms with E-state index in [1.54, 1.807) is 12.1 Å². The van der Waals surface area contributed by atoms with E-state index in [0.29, 0.717) is 24.2 Å². The fourth-order valence-electron chi connectivity index (χ4n) is 6.83. The first kappa shape index (κ1) is 26.3. The van der Waals surface area contributed by atoms with E-state index in [1.807, 2.05) is 24.3 Å². The minimum absolute atomic E-state index is 0.0606. The Morgan fingerprint density at radius 1 is 0.875 bits per heavy atom. The molecule has 2 unspecified atom stereocenters. The predicted octanol–water partition coefficient (Wildman–Crippen LogP) is 5.93. The molecule has 1 saturated heterocycles. The largest absolute Gasteiger partial charge is 0.369 e. The van der Waals surface area contributed by atoms with Crippen LogP contribution in [0.1, 0.15) is 89.3 Å². The number of fused-ring (bicyclic) bond motifs is 4. The first-order chi connectivity index (χ1) is 19.5. The minimum atomic E-state index is -0.332. The number of hydrogen-bond acceptors (Lipinski definition) is 4. The molecule has 6 nitrogen and oxygen atoms in total. The molecule has 6 rings (SSSR count). The Balaban J connectivity index is 1.38. The van der Waals surface area contributed by atoms with Crippen molar-refractivity contribution < 1.29 is 14.4 Å². The summed E-state index contributed by atoms with van der Waals surface area (Å²) in [5, 5.41) is 3.17. The van der Waals surface area contributed by atoms with Crippen molar-refractivity contribution in [2.75, 3.05) is 24.5 Å². The second-order valence-corrected chi connectivity index (χ2v) is 11.2. The smallest absolute Gasteiger partial charge is 0.261 e. The first-order valence-corrected chi connectivity index (χ1v) is 14.8. The SMILES string of the molecule is CCCCc1c(N2CCCC(N3C(=O)c4ccccc4C3=O)C2)ccc2c1C(C(=O)NCCC)c1ccccc1-2. The number of carbonyl (C=O) groups is 3. The summed E-state index contributed by atoms with van der Waals surface area (Å²) in [6.07, 6.45) is 5.55. The molecule has 206 valence electrons. The molecule has 0 aromatic heterocycles. The zero-order valence-corrected chi connectivity index (χ0v) is 23.4. The molecular weight excluding hydrogens is 498 g/mol. The van der Waals surface area contributed by atoms with Crippen molar-refractivity contribution in [1.82, 2.24) is 10.2 Å². The molecular formula is C34H37N3O3. The lowest BCUT2D eigenvalue weighted by Crippen LogP contribution is -2.50. The third-order valence-electron chi connectivity index (χ3n) is 8.70. The van der Waals surface area contributed by atoms with E-state index in [0.717, 1.165) is 73.0 Å². The summed E-state index contributed by atoms with van der Waals surface area (Å²) in [6, 6.07) is 19.6. The van der Waals surface area contributed by atoms with Crippen LogP contribution in [0.4, 0.5) is 5.69 Å². The molecule has 1 aliphatic carbocycles. The molecule has 2 atom stereocenters. The fourth-order valence-corrected chi connectivity index (χ4v) is 6.83. The lowest BCUT2D eigenvalue weighted by molar-refractivity contribution is -0.121. The van der Waals surface area contributed by atoms with Crippen molar-refractivity contribution in [3.8, 4) is 11.1 Å². The Hall–Kier alpha value is -3.93. The van der Waals surface area contributed by atoms with E-state index in [4.69, 9.17) is 0 Å². The van der Waals surface area contributed by atoms with Crippen LogP contribution in [-0.2, 0) is 11.2 Å². The maximum absolute atomic E-state index is 13.6. The molecule has 1 fully saturated rings. The molecule has 0 bridgehead atoms. The number of nitrogens with one attached hydrogen (secondary N) is 1. The molecule has 40 heavy (non-hydrogen) atoms. The van der Waals surface area contributed by atoms with Gasteiger partial charge < -0.3 is 10.2 Å². The summed E-state index contributed by atoms with van der Waals surface area (Å²) in [5.74, 6) is -0.640. The number of piperidine rings is 1. The van der Waals surface area contributed by atoms with Crippen LogP contribution in [0.25, 0.3) is 11.1 Å². The van der Waals surface area contributed by atoms with Gasteiger partial charge in [-0.05, 0) is 78.1 Å². The van der Waals surface area contributed by atoms with Gasteiger partial charge in [0.1, 0.15) is 0 Å². The number of hydrogen-bond donors (Lipinski definition) is 1. The monoisotopic (exact) mass is 535 g/mol. The van der Waals surface area contributed by atoms with Crippen molar-refractivity contribution in [1.29, 1.82) is 0 Å². The van der Waals surface area contributed by atoms with Gasteiger partial charge in [-0.3, -0.25) is 19.3 Å². The van der Waals surface area contributed by atoms with E-state index in [1.165, 1.54) is 10.5 Å². The Labute approximate surface area is 236 Å². The van der Waals surface area contributed by atoms with E-state index < -0.39 is 0 Å². The first-order valence-electron chi connectivity index (χ1n) is 14.8. The predicted molar refractivity (Wildman–Crippen MR) is 158 cm³/mol. The van der Waals surface area contributed by atoms with Crippen molar-refractivity contribution in [2.24, 2.45) is 0 Å². The van der Waals surface area contributed by atoms with Crippen LogP contribution in [0.2, 0.25) is 0 Å². The molecule has 3 aromatic rings. The molecule has 2 heterocycles. The molecule has 0 saturated carbocycles. The number of benzene rings is 3. The number of amides is 3. The highest BCUT2D eigenvalue weighted by Crippen LogP contribution is 2.49. The third-order valence-corrected chi connectivity index (χ3v) is 8.70. The summed E-state index contributed by atoms with van der Waals surface area (Å²) in [7, 11) is 0. The minimum Gasteiger partial charge on any atom is -0.369 e. The van der Waals surface area contributed by atoms with Gasteiger partial charge in [-0.1, -0.05) is 62.7 Å². The number of unbranched alkanes of at least 4 members (excludes halogenated alkanes) is 1. The van der Waals surface area contributed by atoms with Crippen molar-refractivity contribution in [2.45, 2.75) is 64.3 Å². The van der Waals surface area contributed by atoms with E-state index >= 15 is 0 Å². The lowest BCUT2D eigenvalue weighted by Gasteiger charge is -2.39. The lowest BCUT2D eigenvalue weighted by atomic mass is 9.88. The Kier molecular flexibility index (Phi) is 7.18. The molecule has 3 aliphatic rings. The molecule has 3 aromatic carbocycles. The van der Waals surface area contributed by atoms with Crippen LogP contribution in [0.5, 0.6) is 0 Å². The zero-order valence-electron chi connectivity index (χ0n) is 23.4. The van der Waals surface area contributed by atoms with Crippen LogP contribution in [-0.4, -0.2) is 48.3 Å². The Morgan fingerprint density at radius 3 is 2.27 bits per heavy atom. The fraction of sp³-hybridized carbons (Fsp3) is 0.382. The number of imide groups is 1. The number of nitrogens with zero attached hydrogens (tertiary/aromatic N) is 2. The van der Waals surface area contributed by atoms with Gasteiger partial charge in [0.25, 0.3) is 11.8 Å². The summed E-state index contributed by atoms with van der Waals surface area (Å²) in [6.45, 7) is 6.39. The summed E-state index contributed by atoms with van der Waals surface area (Å²) in [5.41, 5.74) is 7.86. The number of carbonyl (C=O) groups excluding carboxylic acids is 3. The van der Waals surface area contributed by atoms with Gasteiger partial charge in [0.05, 0.1) is 23.1 Å². The van der Waals surface area contributed by atoms with Crippen LogP contribution in [0.15, 0.2) is 60.7 Å². The van der Waals surface area contributed by atoms with E-state index in [2.05, 4.69) is 48.3 Å². The van der Waals surface area contributed by atoms with E-state index in [9.17, 15) is 14.4 Å². The van der Waals surface area contributed by atoms with Crippen LogP contribution < -0.4 is 10.2 Å². The zero-order chi connectivity index (χ0) is 27.8. The van der Waals surface area contributed by atoms with Crippen molar-refractivity contribution in [3.05, 3.63) is 88.5 Å².